The monoisotopic (exact) mass is 318 g/mol. The predicted octanol–water partition coefficient (Wildman–Crippen LogP) is 1.41. The number of benzene rings is 1. The van der Waals surface area contributed by atoms with E-state index in [0.29, 0.717) is 6.54 Å². The summed E-state index contributed by atoms with van der Waals surface area (Å²) in [5.41, 5.74) is 2.00. The first kappa shape index (κ1) is 16.1. The Balaban J connectivity index is 1.46. The maximum absolute atomic E-state index is 12.9. The van der Waals surface area contributed by atoms with Crippen molar-refractivity contribution in [1.82, 2.24) is 19.6 Å². The number of nitrogens with zero attached hydrogens (tertiary/aromatic N) is 4. The van der Waals surface area contributed by atoms with Crippen molar-refractivity contribution in [3.63, 3.8) is 0 Å². The summed E-state index contributed by atoms with van der Waals surface area (Å²) >= 11 is 0. The van der Waals surface area contributed by atoms with Crippen molar-refractivity contribution in [2.24, 2.45) is 7.05 Å². The summed E-state index contributed by atoms with van der Waals surface area (Å²) in [6.45, 7) is 5.32. The van der Waals surface area contributed by atoms with Crippen LogP contribution in [0.2, 0.25) is 0 Å². The summed E-state index contributed by atoms with van der Waals surface area (Å²) < 4.78 is 14.8. The minimum Gasteiger partial charge on any atom is -0.387 e. The molecule has 1 unspecified atom stereocenters. The molecule has 1 aliphatic rings. The third-order valence-corrected chi connectivity index (χ3v) is 4.32. The van der Waals surface area contributed by atoms with Gasteiger partial charge < -0.3 is 5.11 Å². The van der Waals surface area contributed by atoms with Gasteiger partial charge in [-0.3, -0.25) is 14.5 Å². The lowest BCUT2D eigenvalue weighted by atomic mass is 10.1. The summed E-state index contributed by atoms with van der Waals surface area (Å²) in [4.78, 5) is 4.66. The zero-order valence-corrected chi connectivity index (χ0v) is 13.4. The SMILES string of the molecule is Cn1cc(CN2CCN(CC(O)c3ccc(F)cc3)CC2)cn1. The average Bonchev–Trinajstić information content (AvgIpc) is 2.95. The molecular weight excluding hydrogens is 295 g/mol. The fourth-order valence-corrected chi connectivity index (χ4v) is 2.98. The average molecular weight is 318 g/mol. The Labute approximate surface area is 135 Å². The zero-order valence-electron chi connectivity index (χ0n) is 13.4. The summed E-state index contributed by atoms with van der Waals surface area (Å²) in [7, 11) is 1.93. The first-order valence-electron chi connectivity index (χ1n) is 7.96. The molecule has 0 radical (unpaired) electrons. The van der Waals surface area contributed by atoms with Crippen LogP contribution in [0, 0.1) is 5.82 Å². The quantitative estimate of drug-likeness (QED) is 0.905. The predicted molar refractivity (Wildman–Crippen MR) is 86.3 cm³/mol. The van der Waals surface area contributed by atoms with Crippen LogP contribution in [-0.4, -0.2) is 57.4 Å². The number of aromatic nitrogens is 2. The van der Waals surface area contributed by atoms with Crippen LogP contribution >= 0.6 is 0 Å². The second-order valence-corrected chi connectivity index (χ2v) is 6.17. The number of hydrogen-bond donors (Lipinski definition) is 1. The Morgan fingerprint density at radius 1 is 1.13 bits per heavy atom. The van der Waals surface area contributed by atoms with Crippen LogP contribution in [0.25, 0.3) is 0 Å². The number of rotatable bonds is 5. The minimum atomic E-state index is -0.569. The van der Waals surface area contributed by atoms with Gasteiger partial charge in [-0.2, -0.15) is 5.10 Å². The zero-order chi connectivity index (χ0) is 16.2. The molecule has 0 amide bonds. The van der Waals surface area contributed by atoms with E-state index in [2.05, 4.69) is 14.9 Å². The Bertz CT molecular complexity index is 620. The maximum Gasteiger partial charge on any atom is 0.123 e. The smallest absolute Gasteiger partial charge is 0.123 e. The number of hydrogen-bond acceptors (Lipinski definition) is 4. The second-order valence-electron chi connectivity index (χ2n) is 6.17. The Morgan fingerprint density at radius 3 is 2.39 bits per heavy atom. The van der Waals surface area contributed by atoms with E-state index in [1.54, 1.807) is 12.1 Å². The van der Waals surface area contributed by atoms with Crippen molar-refractivity contribution in [3.05, 3.63) is 53.6 Å². The maximum atomic E-state index is 12.9. The van der Waals surface area contributed by atoms with E-state index in [4.69, 9.17) is 0 Å². The van der Waals surface area contributed by atoms with Crippen LogP contribution in [0.3, 0.4) is 0 Å². The number of piperazine rings is 1. The summed E-state index contributed by atoms with van der Waals surface area (Å²) in [6, 6.07) is 6.09. The second kappa shape index (κ2) is 7.21. The van der Waals surface area contributed by atoms with Gasteiger partial charge in [0.15, 0.2) is 0 Å². The number of aliphatic hydroxyl groups excluding tert-OH is 1. The van der Waals surface area contributed by atoms with Gasteiger partial charge in [-0.25, -0.2) is 4.39 Å². The van der Waals surface area contributed by atoms with Gasteiger partial charge >= 0.3 is 0 Å². The number of β-amino-alcohol motifs (C(OH)–C–C–N with tert-alkyl or cyclic N) is 1. The lowest BCUT2D eigenvalue weighted by Crippen LogP contribution is -2.47. The molecule has 1 atom stereocenters. The van der Waals surface area contributed by atoms with E-state index < -0.39 is 6.10 Å². The first-order chi connectivity index (χ1) is 11.1. The molecule has 5 nitrogen and oxygen atoms in total. The Hall–Kier alpha value is -1.76. The molecule has 1 aliphatic heterocycles. The van der Waals surface area contributed by atoms with Crippen LogP contribution in [0.15, 0.2) is 36.7 Å². The highest BCUT2D eigenvalue weighted by molar-refractivity contribution is 5.18. The standard InChI is InChI=1S/C17H23FN4O/c1-20-11-14(10-19-20)12-21-6-8-22(9-7-21)13-17(23)15-2-4-16(18)5-3-15/h2-5,10-11,17,23H,6-9,12-13H2,1H3. The molecule has 23 heavy (non-hydrogen) atoms. The molecule has 0 saturated carbocycles. The summed E-state index contributed by atoms with van der Waals surface area (Å²) in [5, 5.41) is 14.5. The molecule has 2 heterocycles. The van der Waals surface area contributed by atoms with E-state index in [1.807, 2.05) is 24.1 Å². The first-order valence-corrected chi connectivity index (χ1v) is 7.96. The molecule has 1 aromatic heterocycles. The van der Waals surface area contributed by atoms with Crippen molar-refractivity contribution in [2.45, 2.75) is 12.6 Å². The van der Waals surface area contributed by atoms with E-state index in [-0.39, 0.29) is 5.82 Å². The third-order valence-electron chi connectivity index (χ3n) is 4.32. The lowest BCUT2D eigenvalue weighted by molar-refractivity contribution is 0.0701. The Kier molecular flexibility index (Phi) is 5.05. The summed E-state index contributed by atoms with van der Waals surface area (Å²) in [5.74, 6) is -0.273. The van der Waals surface area contributed by atoms with Crippen molar-refractivity contribution in [3.8, 4) is 0 Å². The number of aliphatic hydroxyl groups is 1. The fraction of sp³-hybridized carbons (Fsp3) is 0.471. The van der Waals surface area contributed by atoms with Gasteiger partial charge in [0.1, 0.15) is 5.82 Å². The normalized spacial score (nSPS) is 18.2. The largest absolute Gasteiger partial charge is 0.387 e. The highest BCUT2D eigenvalue weighted by Gasteiger charge is 2.20. The topological polar surface area (TPSA) is 44.5 Å². The van der Waals surface area contributed by atoms with Crippen molar-refractivity contribution in [2.75, 3.05) is 32.7 Å². The fourth-order valence-electron chi connectivity index (χ4n) is 2.98. The van der Waals surface area contributed by atoms with Crippen molar-refractivity contribution < 1.29 is 9.50 Å². The van der Waals surface area contributed by atoms with E-state index in [0.717, 1.165) is 38.3 Å². The molecule has 0 bridgehead atoms. The molecule has 124 valence electrons. The lowest BCUT2D eigenvalue weighted by Gasteiger charge is -2.35. The van der Waals surface area contributed by atoms with Gasteiger partial charge in [0.25, 0.3) is 0 Å². The molecule has 0 aliphatic carbocycles. The molecule has 2 aromatic rings. The molecule has 1 saturated heterocycles. The van der Waals surface area contributed by atoms with Gasteiger partial charge in [0.2, 0.25) is 0 Å². The molecule has 1 fully saturated rings. The van der Waals surface area contributed by atoms with Gasteiger partial charge in [-0.15, -0.1) is 0 Å². The molecular formula is C17H23FN4O. The molecule has 6 heteroatoms. The number of aryl methyl sites for hydroxylation is 1. The molecule has 3 rings (SSSR count). The third kappa shape index (κ3) is 4.37. The summed E-state index contributed by atoms with van der Waals surface area (Å²) in [6.07, 6.45) is 3.38. The van der Waals surface area contributed by atoms with Crippen LogP contribution < -0.4 is 0 Å². The van der Waals surface area contributed by atoms with Crippen LogP contribution in [0.1, 0.15) is 17.2 Å². The van der Waals surface area contributed by atoms with Crippen molar-refractivity contribution >= 4 is 0 Å². The van der Waals surface area contributed by atoms with Crippen molar-refractivity contribution in [1.29, 1.82) is 0 Å². The van der Waals surface area contributed by atoms with E-state index in [9.17, 15) is 9.50 Å². The van der Waals surface area contributed by atoms with Gasteiger partial charge in [0, 0.05) is 58.1 Å². The van der Waals surface area contributed by atoms with E-state index >= 15 is 0 Å². The highest BCUT2D eigenvalue weighted by Crippen LogP contribution is 2.16. The van der Waals surface area contributed by atoms with Crippen LogP contribution in [0.4, 0.5) is 4.39 Å². The van der Waals surface area contributed by atoms with Crippen LogP contribution in [-0.2, 0) is 13.6 Å². The van der Waals surface area contributed by atoms with Gasteiger partial charge in [-0.05, 0) is 17.7 Å². The van der Waals surface area contributed by atoms with Crippen LogP contribution in [0.5, 0.6) is 0 Å². The molecule has 1 aromatic carbocycles. The Morgan fingerprint density at radius 2 is 1.78 bits per heavy atom. The molecule has 0 spiro atoms. The minimum absolute atomic E-state index is 0.273. The van der Waals surface area contributed by atoms with Gasteiger partial charge in [0.05, 0.1) is 12.3 Å². The van der Waals surface area contributed by atoms with E-state index in [1.165, 1.54) is 17.7 Å². The molecule has 1 N–H and O–H groups in total. The highest BCUT2D eigenvalue weighted by atomic mass is 19.1. The van der Waals surface area contributed by atoms with Gasteiger partial charge in [-0.1, -0.05) is 12.1 Å². The number of halogens is 1.